The summed E-state index contributed by atoms with van der Waals surface area (Å²) < 4.78 is 0. The summed E-state index contributed by atoms with van der Waals surface area (Å²) in [5.74, 6) is 0.847. The molecule has 1 unspecified atom stereocenters. The molecule has 0 aromatic heterocycles. The summed E-state index contributed by atoms with van der Waals surface area (Å²) in [4.78, 5) is 2.49. The summed E-state index contributed by atoms with van der Waals surface area (Å²) in [6.45, 7) is 5.75. The number of hydrogen-bond donors (Lipinski definition) is 2. The van der Waals surface area contributed by atoms with Crippen LogP contribution in [0.1, 0.15) is 12.8 Å². The van der Waals surface area contributed by atoms with E-state index in [0.29, 0.717) is 6.04 Å². The molecule has 0 spiro atoms. The van der Waals surface area contributed by atoms with Crippen molar-refractivity contribution in [2.24, 2.45) is 11.7 Å². The molecule has 1 aliphatic carbocycles. The molecule has 2 aliphatic rings. The van der Waals surface area contributed by atoms with Gasteiger partial charge < -0.3 is 11.1 Å². The standard InChI is InChI=1S/C9H19N3/c10-9(8-1-2-8)7-12-5-3-11-4-6-12/h8-9,11H,1-7,10H2. The maximum Gasteiger partial charge on any atom is 0.0196 e. The van der Waals surface area contributed by atoms with Gasteiger partial charge in [0.15, 0.2) is 0 Å². The Labute approximate surface area is 74.3 Å². The lowest BCUT2D eigenvalue weighted by atomic mass is 10.2. The van der Waals surface area contributed by atoms with Crippen molar-refractivity contribution in [3.63, 3.8) is 0 Å². The Balaban J connectivity index is 1.69. The number of nitrogens with two attached hydrogens (primary N) is 1. The highest BCUT2D eigenvalue weighted by Gasteiger charge is 2.29. The van der Waals surface area contributed by atoms with Gasteiger partial charge in [0.1, 0.15) is 0 Å². The molecule has 1 atom stereocenters. The lowest BCUT2D eigenvalue weighted by Gasteiger charge is -2.29. The van der Waals surface area contributed by atoms with E-state index in [0.717, 1.165) is 25.6 Å². The van der Waals surface area contributed by atoms with Crippen LogP contribution < -0.4 is 11.1 Å². The smallest absolute Gasteiger partial charge is 0.0196 e. The van der Waals surface area contributed by atoms with Gasteiger partial charge >= 0.3 is 0 Å². The minimum atomic E-state index is 0.447. The van der Waals surface area contributed by atoms with Gasteiger partial charge in [0.05, 0.1) is 0 Å². The maximum absolute atomic E-state index is 6.05. The van der Waals surface area contributed by atoms with Gasteiger partial charge in [-0.15, -0.1) is 0 Å². The Morgan fingerprint density at radius 3 is 2.58 bits per heavy atom. The van der Waals surface area contributed by atoms with Gasteiger partial charge in [-0.3, -0.25) is 4.90 Å². The van der Waals surface area contributed by atoms with Crippen molar-refractivity contribution in [1.29, 1.82) is 0 Å². The number of piperazine rings is 1. The van der Waals surface area contributed by atoms with Crippen LogP contribution in [-0.4, -0.2) is 43.7 Å². The molecular weight excluding hydrogens is 150 g/mol. The van der Waals surface area contributed by atoms with Crippen LogP contribution in [-0.2, 0) is 0 Å². The number of hydrogen-bond acceptors (Lipinski definition) is 3. The van der Waals surface area contributed by atoms with Crippen LogP contribution >= 0.6 is 0 Å². The fourth-order valence-corrected chi connectivity index (χ4v) is 1.87. The predicted molar refractivity (Wildman–Crippen MR) is 50.0 cm³/mol. The van der Waals surface area contributed by atoms with Gasteiger partial charge in [0, 0.05) is 38.8 Å². The highest BCUT2D eigenvalue weighted by molar-refractivity contribution is 4.86. The molecule has 1 saturated heterocycles. The molecule has 0 aromatic rings. The van der Waals surface area contributed by atoms with Crippen LogP contribution in [0.5, 0.6) is 0 Å². The molecule has 0 radical (unpaired) electrons. The summed E-state index contributed by atoms with van der Waals surface area (Å²) in [6, 6.07) is 0.447. The van der Waals surface area contributed by atoms with Crippen LogP contribution in [0.15, 0.2) is 0 Å². The van der Waals surface area contributed by atoms with E-state index in [1.54, 1.807) is 0 Å². The minimum Gasteiger partial charge on any atom is -0.326 e. The Hall–Kier alpha value is -0.120. The van der Waals surface area contributed by atoms with Crippen LogP contribution in [0.4, 0.5) is 0 Å². The van der Waals surface area contributed by atoms with E-state index in [-0.39, 0.29) is 0 Å². The first-order valence-electron chi connectivity index (χ1n) is 5.05. The van der Waals surface area contributed by atoms with Gasteiger partial charge in [-0.05, 0) is 18.8 Å². The van der Waals surface area contributed by atoms with E-state index in [4.69, 9.17) is 5.73 Å². The van der Waals surface area contributed by atoms with Crippen molar-refractivity contribution in [2.45, 2.75) is 18.9 Å². The average molecular weight is 169 g/mol. The maximum atomic E-state index is 6.05. The van der Waals surface area contributed by atoms with E-state index < -0.39 is 0 Å². The molecule has 0 aromatic carbocycles. The Bertz CT molecular complexity index is 139. The third kappa shape index (κ3) is 2.19. The Morgan fingerprint density at radius 2 is 2.00 bits per heavy atom. The zero-order valence-corrected chi connectivity index (χ0v) is 7.63. The summed E-state index contributed by atoms with van der Waals surface area (Å²) >= 11 is 0. The van der Waals surface area contributed by atoms with E-state index in [1.165, 1.54) is 25.9 Å². The first kappa shape index (κ1) is 8.48. The summed E-state index contributed by atoms with van der Waals surface area (Å²) in [7, 11) is 0. The highest BCUT2D eigenvalue weighted by Crippen LogP contribution is 2.31. The number of nitrogens with zero attached hydrogens (tertiary/aromatic N) is 1. The fourth-order valence-electron chi connectivity index (χ4n) is 1.87. The normalized spacial score (nSPS) is 28.8. The topological polar surface area (TPSA) is 41.3 Å². The van der Waals surface area contributed by atoms with Crippen molar-refractivity contribution in [3.05, 3.63) is 0 Å². The van der Waals surface area contributed by atoms with Crippen LogP contribution in [0.25, 0.3) is 0 Å². The molecule has 3 nitrogen and oxygen atoms in total. The van der Waals surface area contributed by atoms with Gasteiger partial charge in [-0.2, -0.15) is 0 Å². The minimum absolute atomic E-state index is 0.447. The molecule has 2 rings (SSSR count). The van der Waals surface area contributed by atoms with Crippen LogP contribution in [0, 0.1) is 5.92 Å². The van der Waals surface area contributed by atoms with Gasteiger partial charge in [-0.1, -0.05) is 0 Å². The molecule has 1 saturated carbocycles. The van der Waals surface area contributed by atoms with Crippen molar-refractivity contribution in [2.75, 3.05) is 32.7 Å². The third-order valence-electron chi connectivity index (χ3n) is 2.91. The lowest BCUT2D eigenvalue weighted by molar-refractivity contribution is 0.221. The number of rotatable bonds is 3. The molecule has 3 N–H and O–H groups in total. The first-order valence-corrected chi connectivity index (χ1v) is 5.05. The first-order chi connectivity index (χ1) is 5.86. The molecular formula is C9H19N3. The van der Waals surface area contributed by atoms with E-state index in [9.17, 15) is 0 Å². The molecule has 2 fully saturated rings. The van der Waals surface area contributed by atoms with Gasteiger partial charge in [-0.25, -0.2) is 0 Å². The molecule has 70 valence electrons. The summed E-state index contributed by atoms with van der Waals surface area (Å²) in [5, 5.41) is 3.35. The second kappa shape index (κ2) is 3.73. The van der Waals surface area contributed by atoms with Crippen LogP contribution in [0.3, 0.4) is 0 Å². The Kier molecular flexibility index (Phi) is 2.63. The SMILES string of the molecule is NC(CN1CCNCC1)C1CC1. The number of nitrogens with one attached hydrogen (secondary N) is 1. The molecule has 1 aliphatic heterocycles. The zero-order valence-electron chi connectivity index (χ0n) is 7.63. The molecule has 0 bridgehead atoms. The van der Waals surface area contributed by atoms with Gasteiger partial charge in [0.2, 0.25) is 0 Å². The van der Waals surface area contributed by atoms with E-state index in [1.807, 2.05) is 0 Å². The molecule has 12 heavy (non-hydrogen) atoms. The quantitative estimate of drug-likeness (QED) is 0.605. The summed E-state index contributed by atoms with van der Waals surface area (Å²) in [5.41, 5.74) is 6.05. The largest absolute Gasteiger partial charge is 0.326 e. The van der Waals surface area contributed by atoms with Crippen molar-refractivity contribution in [3.8, 4) is 0 Å². The second-order valence-electron chi connectivity index (χ2n) is 4.05. The Morgan fingerprint density at radius 1 is 1.33 bits per heavy atom. The zero-order chi connectivity index (χ0) is 8.39. The third-order valence-corrected chi connectivity index (χ3v) is 2.91. The molecule has 0 amide bonds. The molecule has 3 heteroatoms. The monoisotopic (exact) mass is 169 g/mol. The van der Waals surface area contributed by atoms with E-state index >= 15 is 0 Å². The summed E-state index contributed by atoms with van der Waals surface area (Å²) in [6.07, 6.45) is 2.74. The highest BCUT2D eigenvalue weighted by atomic mass is 15.2. The van der Waals surface area contributed by atoms with Crippen molar-refractivity contribution in [1.82, 2.24) is 10.2 Å². The second-order valence-corrected chi connectivity index (χ2v) is 4.05. The fraction of sp³-hybridized carbons (Fsp3) is 1.00. The van der Waals surface area contributed by atoms with Crippen molar-refractivity contribution >= 4 is 0 Å². The average Bonchev–Trinajstić information content (AvgIpc) is 2.88. The predicted octanol–water partition coefficient (Wildman–Crippen LogP) is -0.371. The lowest BCUT2D eigenvalue weighted by Crippen LogP contribution is -2.48. The molecule has 1 heterocycles. The van der Waals surface area contributed by atoms with Gasteiger partial charge in [0.25, 0.3) is 0 Å². The van der Waals surface area contributed by atoms with E-state index in [2.05, 4.69) is 10.2 Å². The van der Waals surface area contributed by atoms with Crippen molar-refractivity contribution < 1.29 is 0 Å². The van der Waals surface area contributed by atoms with Crippen LogP contribution in [0.2, 0.25) is 0 Å².